The van der Waals surface area contributed by atoms with E-state index in [2.05, 4.69) is 133 Å². The van der Waals surface area contributed by atoms with Gasteiger partial charge in [0.1, 0.15) is 0 Å². The van der Waals surface area contributed by atoms with Crippen LogP contribution in [0.5, 0.6) is 0 Å². The first kappa shape index (κ1) is 27.9. The van der Waals surface area contributed by atoms with Gasteiger partial charge in [-0.1, -0.05) is 80.0 Å². The van der Waals surface area contributed by atoms with Crippen LogP contribution in [0.4, 0.5) is 0 Å². The molecular formula is C38H34N4Si2. The molecule has 5 aromatic carbocycles. The van der Waals surface area contributed by atoms with Crippen molar-refractivity contribution in [2.24, 2.45) is 0 Å². The quantitative estimate of drug-likeness (QED) is 0.189. The molecule has 0 unspecified atom stereocenters. The molecule has 0 aliphatic heterocycles. The molecule has 2 heterocycles. The monoisotopic (exact) mass is 602 g/mol. The van der Waals surface area contributed by atoms with E-state index >= 15 is 0 Å². The summed E-state index contributed by atoms with van der Waals surface area (Å²) < 4.78 is 4.66. The van der Waals surface area contributed by atoms with Crippen molar-refractivity contribution in [3.63, 3.8) is 0 Å². The number of aromatic nitrogens is 2. The highest BCUT2D eigenvalue weighted by Gasteiger charge is 2.22. The van der Waals surface area contributed by atoms with E-state index in [1.54, 1.807) is 0 Å². The average molecular weight is 603 g/mol. The van der Waals surface area contributed by atoms with E-state index in [4.69, 9.17) is 0 Å². The minimum absolute atomic E-state index is 0.670. The summed E-state index contributed by atoms with van der Waals surface area (Å²) >= 11 is 0. The third-order valence-corrected chi connectivity index (χ3v) is 13.0. The van der Waals surface area contributed by atoms with Crippen LogP contribution < -0.4 is 10.4 Å². The first-order chi connectivity index (χ1) is 21.0. The molecule has 4 nitrogen and oxygen atoms in total. The van der Waals surface area contributed by atoms with Gasteiger partial charge in [-0.15, -0.1) is 0 Å². The normalized spacial score (nSPS) is 12.3. The van der Waals surface area contributed by atoms with Crippen LogP contribution in [0.15, 0.2) is 97.1 Å². The second-order valence-corrected chi connectivity index (χ2v) is 24.0. The van der Waals surface area contributed by atoms with Crippen LogP contribution in [0, 0.1) is 22.7 Å². The number of nitrogens with zero attached hydrogens (tertiary/aromatic N) is 4. The third kappa shape index (κ3) is 4.38. The molecular weight excluding hydrogens is 569 g/mol. The molecule has 0 fully saturated rings. The van der Waals surface area contributed by atoms with Gasteiger partial charge in [0.15, 0.2) is 0 Å². The predicted octanol–water partition coefficient (Wildman–Crippen LogP) is 8.71. The number of hydrogen-bond acceptors (Lipinski definition) is 2. The predicted molar refractivity (Wildman–Crippen MR) is 191 cm³/mol. The average Bonchev–Trinajstić information content (AvgIpc) is 3.51. The fourth-order valence-corrected chi connectivity index (χ4v) is 8.77. The Hall–Kier alpha value is -4.89. The van der Waals surface area contributed by atoms with Crippen molar-refractivity contribution >= 4 is 70.1 Å². The van der Waals surface area contributed by atoms with Crippen molar-refractivity contribution in [3.05, 3.63) is 108 Å². The Kier molecular flexibility index (Phi) is 6.23. The van der Waals surface area contributed by atoms with E-state index in [9.17, 15) is 10.5 Å². The molecule has 0 saturated carbocycles. The van der Waals surface area contributed by atoms with E-state index < -0.39 is 16.1 Å². The topological polar surface area (TPSA) is 57.4 Å². The van der Waals surface area contributed by atoms with Crippen LogP contribution in [-0.2, 0) is 0 Å². The molecule has 7 rings (SSSR count). The van der Waals surface area contributed by atoms with Gasteiger partial charge in [-0.05, 0) is 66.7 Å². The van der Waals surface area contributed by atoms with Gasteiger partial charge in [-0.25, -0.2) is 0 Å². The van der Waals surface area contributed by atoms with Gasteiger partial charge in [0.25, 0.3) is 0 Å². The van der Waals surface area contributed by atoms with E-state index in [0.29, 0.717) is 11.1 Å². The van der Waals surface area contributed by atoms with Gasteiger partial charge >= 0.3 is 0 Å². The first-order valence-electron chi connectivity index (χ1n) is 15.1. The fraction of sp³-hybridized carbons (Fsp3) is 0.158. The summed E-state index contributed by atoms with van der Waals surface area (Å²) in [5.41, 5.74) is 7.91. The van der Waals surface area contributed by atoms with Gasteiger partial charge in [0, 0.05) is 32.9 Å². The summed E-state index contributed by atoms with van der Waals surface area (Å²) in [7, 11) is -3.09. The Morgan fingerprint density at radius 1 is 0.455 bits per heavy atom. The lowest BCUT2D eigenvalue weighted by atomic mass is 10.1. The Morgan fingerprint density at radius 3 is 1.18 bits per heavy atom. The number of fused-ring (bicyclic) bond motifs is 6. The number of hydrogen-bond donors (Lipinski definition) is 0. The Morgan fingerprint density at radius 2 is 0.818 bits per heavy atom. The maximum absolute atomic E-state index is 9.72. The first-order valence-corrected chi connectivity index (χ1v) is 22.1. The van der Waals surface area contributed by atoms with Crippen LogP contribution >= 0.6 is 0 Å². The summed E-state index contributed by atoms with van der Waals surface area (Å²) in [6, 6.07) is 39.2. The van der Waals surface area contributed by atoms with Gasteiger partial charge in [-0.2, -0.15) is 10.5 Å². The fourth-order valence-electron chi connectivity index (χ4n) is 6.45. The summed E-state index contributed by atoms with van der Waals surface area (Å²) in [5, 5.41) is 26.8. The molecule has 214 valence electrons. The van der Waals surface area contributed by atoms with Crippen molar-refractivity contribution in [3.8, 4) is 23.5 Å². The molecule has 2 aromatic heterocycles. The highest BCUT2D eigenvalue weighted by Crippen LogP contribution is 2.36. The minimum atomic E-state index is -1.55. The smallest absolute Gasteiger partial charge is 0.0991 e. The van der Waals surface area contributed by atoms with Gasteiger partial charge < -0.3 is 9.13 Å². The highest BCUT2D eigenvalue weighted by molar-refractivity contribution is 6.89. The molecule has 6 heteroatoms. The SMILES string of the molecule is C[Si](C)(C)c1ccc2c(c1)c1cc(C#N)ccc1n2-c1cccc(-n2c3ccc(C#N)cc3c3cc([Si](C)(C)C)ccc32)c1. The van der Waals surface area contributed by atoms with Gasteiger partial charge in [0.05, 0.1) is 61.5 Å². The summed E-state index contributed by atoms with van der Waals surface area (Å²) in [6.45, 7) is 14.2. The molecule has 0 aliphatic rings. The second kappa shape index (κ2) is 9.82. The Bertz CT molecular complexity index is 2220. The zero-order chi connectivity index (χ0) is 31.0. The van der Waals surface area contributed by atoms with E-state index in [1.807, 2.05) is 24.3 Å². The molecule has 0 radical (unpaired) electrons. The molecule has 0 N–H and O–H groups in total. The van der Waals surface area contributed by atoms with Crippen molar-refractivity contribution in [1.82, 2.24) is 9.13 Å². The van der Waals surface area contributed by atoms with Crippen LogP contribution in [0.1, 0.15) is 11.1 Å². The van der Waals surface area contributed by atoms with Crippen LogP contribution in [-0.4, -0.2) is 25.3 Å². The standard InChI is InChI=1S/C38H34N4Si2/c1-43(2,3)29-12-16-37-33(21-29)31-18-25(23-39)10-14-35(31)41(37)27-8-7-9-28(20-27)42-36-15-11-26(24-40)19-32(36)34-22-30(44(4,5)6)13-17-38(34)42/h7-22H,1-6H3. The largest absolute Gasteiger partial charge is 0.309 e. The molecule has 7 aromatic rings. The Labute approximate surface area is 260 Å². The Balaban J connectivity index is 1.51. The number of nitriles is 2. The number of rotatable bonds is 4. The summed E-state index contributed by atoms with van der Waals surface area (Å²) in [4.78, 5) is 0. The van der Waals surface area contributed by atoms with Crippen molar-refractivity contribution < 1.29 is 0 Å². The molecule has 0 amide bonds. The lowest BCUT2D eigenvalue weighted by Crippen LogP contribution is -2.37. The van der Waals surface area contributed by atoms with Crippen molar-refractivity contribution in [1.29, 1.82) is 10.5 Å². The van der Waals surface area contributed by atoms with E-state index in [-0.39, 0.29) is 0 Å². The molecule has 0 spiro atoms. The van der Waals surface area contributed by atoms with Crippen molar-refractivity contribution in [2.45, 2.75) is 39.3 Å². The molecule has 44 heavy (non-hydrogen) atoms. The molecule has 0 atom stereocenters. The van der Waals surface area contributed by atoms with Crippen LogP contribution in [0.2, 0.25) is 39.3 Å². The maximum atomic E-state index is 9.72. The zero-order valence-electron chi connectivity index (χ0n) is 26.0. The lowest BCUT2D eigenvalue weighted by Gasteiger charge is -2.17. The third-order valence-electron chi connectivity index (χ3n) is 8.87. The van der Waals surface area contributed by atoms with Crippen LogP contribution in [0.25, 0.3) is 55.0 Å². The maximum Gasteiger partial charge on any atom is 0.0991 e. The molecule has 0 bridgehead atoms. The summed E-state index contributed by atoms with van der Waals surface area (Å²) in [5.74, 6) is 0. The van der Waals surface area contributed by atoms with Gasteiger partial charge in [-0.3, -0.25) is 0 Å². The van der Waals surface area contributed by atoms with Crippen molar-refractivity contribution in [2.75, 3.05) is 0 Å². The number of benzene rings is 5. The minimum Gasteiger partial charge on any atom is -0.309 e. The van der Waals surface area contributed by atoms with E-state index in [0.717, 1.165) is 44.2 Å². The second-order valence-electron chi connectivity index (χ2n) is 13.8. The van der Waals surface area contributed by atoms with Crippen LogP contribution in [0.3, 0.4) is 0 Å². The van der Waals surface area contributed by atoms with E-state index in [1.165, 1.54) is 21.1 Å². The molecule has 0 aliphatic carbocycles. The van der Waals surface area contributed by atoms with Gasteiger partial charge in [0.2, 0.25) is 0 Å². The lowest BCUT2D eigenvalue weighted by molar-refractivity contribution is 1.13. The summed E-state index contributed by atoms with van der Waals surface area (Å²) in [6.07, 6.45) is 0. The molecule has 0 saturated heterocycles. The highest BCUT2D eigenvalue weighted by atomic mass is 28.3. The zero-order valence-corrected chi connectivity index (χ0v) is 28.0.